The Bertz CT molecular complexity index is 296. The van der Waals surface area contributed by atoms with Gasteiger partial charge in [0.05, 0.1) is 11.5 Å². The van der Waals surface area contributed by atoms with Crippen LogP contribution in [0.1, 0.15) is 25.7 Å². The highest BCUT2D eigenvalue weighted by Gasteiger charge is 2.58. The van der Waals surface area contributed by atoms with Crippen LogP contribution < -0.4 is 0 Å². The molecule has 2 rings (SSSR count). The van der Waals surface area contributed by atoms with Gasteiger partial charge in [-0.2, -0.15) is 0 Å². The molecule has 2 aliphatic rings. The Hall–Kier alpha value is -0.0900. The van der Waals surface area contributed by atoms with Crippen LogP contribution >= 0.6 is 0 Å². The van der Waals surface area contributed by atoms with E-state index in [-0.39, 0.29) is 12.0 Å². The van der Waals surface area contributed by atoms with Crippen LogP contribution in [0.4, 0.5) is 0 Å². The predicted octanol–water partition coefficient (Wildman–Crippen LogP) is 0.584. The Morgan fingerprint density at radius 3 is 2.77 bits per heavy atom. The maximum Gasteiger partial charge on any atom is 0.150 e. The summed E-state index contributed by atoms with van der Waals surface area (Å²) in [5, 5.41) is 8.66. The fourth-order valence-electron chi connectivity index (χ4n) is 2.60. The first-order valence-electron chi connectivity index (χ1n) is 4.89. The minimum absolute atomic E-state index is 0.147. The molecule has 0 amide bonds. The first-order valence-corrected chi connectivity index (χ1v) is 6.71. The molecule has 0 aromatic carbocycles. The number of aliphatic hydroxyl groups is 1. The molecule has 0 aromatic heterocycles. The van der Waals surface area contributed by atoms with Crippen molar-refractivity contribution in [3.05, 3.63) is 0 Å². The summed E-state index contributed by atoms with van der Waals surface area (Å²) in [6.07, 6.45) is 3.77. The zero-order valence-corrected chi connectivity index (χ0v) is 8.52. The topological polar surface area (TPSA) is 54.4 Å². The van der Waals surface area contributed by atoms with Gasteiger partial charge in [-0.15, -0.1) is 0 Å². The average Bonchev–Trinajstić information content (AvgIpc) is 2.61. The number of hydrogen-bond donors (Lipinski definition) is 1. The van der Waals surface area contributed by atoms with E-state index >= 15 is 0 Å². The molecular weight excluding hydrogens is 188 g/mol. The van der Waals surface area contributed by atoms with E-state index in [1.54, 1.807) is 0 Å². The Labute approximate surface area is 79.1 Å². The highest BCUT2D eigenvalue weighted by atomic mass is 32.2. The van der Waals surface area contributed by atoms with E-state index in [0.29, 0.717) is 17.4 Å². The van der Waals surface area contributed by atoms with Gasteiger partial charge in [0, 0.05) is 6.61 Å². The van der Waals surface area contributed by atoms with Crippen LogP contribution in [-0.2, 0) is 9.84 Å². The Morgan fingerprint density at radius 2 is 2.23 bits per heavy atom. The maximum atomic E-state index is 11.3. The zero-order valence-electron chi connectivity index (χ0n) is 7.70. The summed E-state index contributed by atoms with van der Waals surface area (Å²) in [4.78, 5) is 0. The Kier molecular flexibility index (Phi) is 2.15. The van der Waals surface area contributed by atoms with E-state index in [2.05, 4.69) is 0 Å². The van der Waals surface area contributed by atoms with Crippen LogP contribution in [-0.4, -0.2) is 31.6 Å². The van der Waals surface area contributed by atoms with Crippen molar-refractivity contribution in [3.8, 4) is 0 Å². The molecule has 0 bridgehead atoms. The second kappa shape index (κ2) is 2.95. The van der Waals surface area contributed by atoms with Gasteiger partial charge in [0.15, 0.2) is 9.84 Å². The van der Waals surface area contributed by atoms with Crippen molar-refractivity contribution < 1.29 is 13.5 Å². The lowest BCUT2D eigenvalue weighted by Crippen LogP contribution is -2.07. The molecule has 0 radical (unpaired) electrons. The van der Waals surface area contributed by atoms with Crippen molar-refractivity contribution >= 4 is 9.84 Å². The van der Waals surface area contributed by atoms with Crippen molar-refractivity contribution in [2.24, 2.45) is 11.3 Å². The van der Waals surface area contributed by atoms with Gasteiger partial charge in [-0.05, 0) is 37.0 Å². The molecule has 1 aliphatic carbocycles. The fourth-order valence-corrected chi connectivity index (χ4v) is 4.84. The molecule has 1 N–H and O–H groups in total. The van der Waals surface area contributed by atoms with Crippen LogP contribution in [0.15, 0.2) is 0 Å². The highest BCUT2D eigenvalue weighted by molar-refractivity contribution is 7.91. The minimum Gasteiger partial charge on any atom is -0.396 e. The maximum absolute atomic E-state index is 11.3. The molecule has 2 fully saturated rings. The van der Waals surface area contributed by atoms with Gasteiger partial charge in [-0.3, -0.25) is 0 Å². The van der Waals surface area contributed by atoms with Gasteiger partial charge in [-0.1, -0.05) is 0 Å². The summed E-state index contributed by atoms with van der Waals surface area (Å²) in [6.45, 7) is 0.235. The summed E-state index contributed by atoms with van der Waals surface area (Å²) < 4.78 is 22.5. The lowest BCUT2D eigenvalue weighted by atomic mass is 10.0. The Balaban J connectivity index is 1.91. The predicted molar refractivity (Wildman–Crippen MR) is 50.1 cm³/mol. The van der Waals surface area contributed by atoms with Crippen molar-refractivity contribution in [1.29, 1.82) is 0 Å². The number of aliphatic hydroxyl groups excluding tert-OH is 1. The first-order chi connectivity index (χ1) is 6.08. The quantitative estimate of drug-likeness (QED) is 0.731. The lowest BCUT2D eigenvalue weighted by molar-refractivity contribution is 0.277. The molecule has 1 spiro atoms. The fraction of sp³-hybridized carbons (Fsp3) is 1.00. The zero-order chi connectivity index (χ0) is 9.53. The lowest BCUT2D eigenvalue weighted by Gasteiger charge is -2.04. The van der Waals surface area contributed by atoms with Gasteiger partial charge in [0.25, 0.3) is 0 Å². The van der Waals surface area contributed by atoms with Crippen LogP contribution in [0.3, 0.4) is 0 Å². The van der Waals surface area contributed by atoms with E-state index in [4.69, 9.17) is 5.11 Å². The van der Waals surface area contributed by atoms with Gasteiger partial charge < -0.3 is 5.11 Å². The molecule has 76 valence electrons. The first kappa shape index (κ1) is 9.46. The van der Waals surface area contributed by atoms with Crippen molar-refractivity contribution in [3.63, 3.8) is 0 Å². The van der Waals surface area contributed by atoms with E-state index in [0.717, 1.165) is 25.7 Å². The van der Waals surface area contributed by atoms with E-state index in [1.807, 2.05) is 0 Å². The average molecular weight is 204 g/mol. The summed E-state index contributed by atoms with van der Waals surface area (Å²) in [5.41, 5.74) is 0.147. The summed E-state index contributed by atoms with van der Waals surface area (Å²) >= 11 is 0. The molecule has 1 heterocycles. The molecule has 1 saturated heterocycles. The van der Waals surface area contributed by atoms with Crippen LogP contribution in [0.2, 0.25) is 0 Å². The molecule has 3 nitrogen and oxygen atoms in total. The summed E-state index contributed by atoms with van der Waals surface area (Å²) in [7, 11) is -2.71. The third kappa shape index (κ3) is 1.74. The van der Waals surface area contributed by atoms with Gasteiger partial charge in [0.1, 0.15) is 0 Å². The van der Waals surface area contributed by atoms with E-state index in [1.165, 1.54) is 0 Å². The van der Waals surface area contributed by atoms with Gasteiger partial charge in [0.2, 0.25) is 0 Å². The van der Waals surface area contributed by atoms with Gasteiger partial charge in [-0.25, -0.2) is 8.42 Å². The molecule has 1 saturated carbocycles. The standard InChI is InChI=1S/C9H16O3S/c10-4-1-2-8-6-9(8)3-5-13(11,12)7-9/h8,10H,1-7H2. The normalized spacial score (nSPS) is 41.2. The second-order valence-electron chi connectivity index (χ2n) is 4.47. The summed E-state index contributed by atoms with van der Waals surface area (Å²) in [5.74, 6) is 1.38. The number of sulfone groups is 1. The monoisotopic (exact) mass is 204 g/mol. The molecular formula is C9H16O3S. The number of rotatable bonds is 3. The molecule has 2 atom stereocenters. The molecule has 0 aromatic rings. The van der Waals surface area contributed by atoms with E-state index in [9.17, 15) is 8.42 Å². The second-order valence-corrected chi connectivity index (χ2v) is 6.66. The summed E-state index contributed by atoms with van der Waals surface area (Å²) in [6, 6.07) is 0. The molecule has 2 unspecified atom stereocenters. The van der Waals surface area contributed by atoms with Crippen LogP contribution in [0.5, 0.6) is 0 Å². The van der Waals surface area contributed by atoms with Crippen molar-refractivity contribution in [2.45, 2.75) is 25.7 Å². The molecule has 4 heteroatoms. The third-order valence-corrected chi connectivity index (χ3v) is 5.33. The largest absolute Gasteiger partial charge is 0.396 e. The number of hydrogen-bond acceptors (Lipinski definition) is 3. The smallest absolute Gasteiger partial charge is 0.150 e. The molecule has 1 aliphatic heterocycles. The highest BCUT2D eigenvalue weighted by Crippen LogP contribution is 2.61. The van der Waals surface area contributed by atoms with Crippen molar-refractivity contribution in [1.82, 2.24) is 0 Å². The molecule has 13 heavy (non-hydrogen) atoms. The van der Waals surface area contributed by atoms with Gasteiger partial charge >= 0.3 is 0 Å². The minimum atomic E-state index is -2.71. The Morgan fingerprint density at radius 1 is 1.46 bits per heavy atom. The van der Waals surface area contributed by atoms with Crippen LogP contribution in [0, 0.1) is 11.3 Å². The SMILES string of the molecule is O=S1(=O)CCC2(CC2CCCO)C1. The van der Waals surface area contributed by atoms with Crippen LogP contribution in [0.25, 0.3) is 0 Å². The van der Waals surface area contributed by atoms with E-state index < -0.39 is 9.84 Å². The third-order valence-electron chi connectivity index (χ3n) is 3.49. The van der Waals surface area contributed by atoms with Crippen molar-refractivity contribution in [2.75, 3.05) is 18.1 Å².